The Morgan fingerprint density at radius 3 is 1.29 bits per heavy atom. The predicted molar refractivity (Wildman–Crippen MR) is 279 cm³/mol. The Morgan fingerprint density at radius 1 is 0.279 bits per heavy atom. The van der Waals surface area contributed by atoms with E-state index in [1.165, 1.54) is 16.7 Å². The molecule has 5 heteroatoms. The summed E-state index contributed by atoms with van der Waals surface area (Å²) in [5.41, 5.74) is 16.6. The number of aromatic nitrogens is 4. The predicted octanol–water partition coefficient (Wildman–Crippen LogP) is 16.5. The zero-order chi connectivity index (χ0) is 45.0. The van der Waals surface area contributed by atoms with Gasteiger partial charge in [-0.05, 0) is 80.9 Å². The van der Waals surface area contributed by atoms with Gasteiger partial charge in [0.05, 0.1) is 16.6 Å². The first kappa shape index (κ1) is 39.2. The number of para-hydroxylation sites is 2. The number of hydrogen-bond acceptors (Lipinski definition) is 4. The van der Waals surface area contributed by atoms with Crippen molar-refractivity contribution < 1.29 is 4.42 Å². The Bertz CT molecular complexity index is 3870. The zero-order valence-electron chi connectivity index (χ0n) is 36.8. The summed E-state index contributed by atoms with van der Waals surface area (Å²) in [4.78, 5) is 15.6. The summed E-state index contributed by atoms with van der Waals surface area (Å²) in [6, 6.07) is 85.2. The van der Waals surface area contributed by atoms with Crippen molar-refractivity contribution in [3.05, 3.63) is 243 Å². The molecule has 68 heavy (non-hydrogen) atoms. The third-order valence-electron chi connectivity index (χ3n) is 13.1. The topological polar surface area (TPSA) is 56.7 Å². The number of fused-ring (bicyclic) bond motifs is 7. The maximum atomic E-state index is 7.19. The normalized spacial score (nSPS) is 11.5. The molecular formula is C63H40N4O. The van der Waals surface area contributed by atoms with E-state index < -0.39 is 0 Å². The van der Waals surface area contributed by atoms with Crippen molar-refractivity contribution in [3.63, 3.8) is 0 Å². The van der Waals surface area contributed by atoms with Crippen LogP contribution >= 0.6 is 0 Å². The van der Waals surface area contributed by atoms with Crippen LogP contribution in [-0.4, -0.2) is 19.5 Å². The van der Waals surface area contributed by atoms with Crippen LogP contribution in [0.15, 0.2) is 247 Å². The lowest BCUT2D eigenvalue weighted by molar-refractivity contribution is 0.671. The molecule has 13 aromatic rings. The molecule has 0 atom stereocenters. The third-order valence-corrected chi connectivity index (χ3v) is 13.1. The molecule has 0 aliphatic rings. The number of rotatable bonds is 8. The Hall–Kier alpha value is -9.19. The molecule has 0 radical (unpaired) electrons. The minimum Gasteiger partial charge on any atom is -0.453 e. The van der Waals surface area contributed by atoms with Crippen molar-refractivity contribution in [1.29, 1.82) is 0 Å². The van der Waals surface area contributed by atoms with E-state index in [1.54, 1.807) is 0 Å². The van der Waals surface area contributed by atoms with Crippen molar-refractivity contribution in [2.45, 2.75) is 0 Å². The third kappa shape index (κ3) is 6.84. The van der Waals surface area contributed by atoms with Gasteiger partial charge in [-0.2, -0.15) is 0 Å². The summed E-state index contributed by atoms with van der Waals surface area (Å²) in [5.74, 6) is 1.71. The van der Waals surface area contributed by atoms with E-state index in [4.69, 9.17) is 19.4 Å². The molecule has 3 heterocycles. The number of nitrogens with zero attached hydrogens (tertiary/aromatic N) is 4. The van der Waals surface area contributed by atoms with Gasteiger partial charge in [0.2, 0.25) is 0 Å². The first-order valence-electron chi connectivity index (χ1n) is 22.9. The van der Waals surface area contributed by atoms with Crippen LogP contribution in [0, 0.1) is 0 Å². The molecule has 0 N–H and O–H groups in total. The molecule has 0 spiro atoms. The highest BCUT2D eigenvalue weighted by atomic mass is 16.3. The van der Waals surface area contributed by atoms with Crippen LogP contribution in [-0.2, 0) is 0 Å². The quantitative estimate of drug-likeness (QED) is 0.153. The molecule has 10 aromatic carbocycles. The summed E-state index contributed by atoms with van der Waals surface area (Å²) in [6.07, 6.45) is 0. The highest BCUT2D eigenvalue weighted by Gasteiger charge is 2.22. The molecule has 0 aliphatic heterocycles. The zero-order valence-corrected chi connectivity index (χ0v) is 36.8. The van der Waals surface area contributed by atoms with Crippen molar-refractivity contribution in [1.82, 2.24) is 19.5 Å². The van der Waals surface area contributed by atoms with E-state index >= 15 is 0 Å². The maximum absolute atomic E-state index is 7.19. The van der Waals surface area contributed by atoms with Crippen LogP contribution in [0.1, 0.15) is 0 Å². The maximum Gasteiger partial charge on any atom is 0.167 e. The van der Waals surface area contributed by atoms with Crippen LogP contribution < -0.4 is 0 Å². The molecule has 0 bridgehead atoms. The van der Waals surface area contributed by atoms with Crippen LogP contribution in [0.4, 0.5) is 0 Å². The first-order chi connectivity index (χ1) is 33.7. The van der Waals surface area contributed by atoms with E-state index in [1.807, 2.05) is 12.1 Å². The van der Waals surface area contributed by atoms with Crippen LogP contribution in [0.3, 0.4) is 0 Å². The second-order valence-electron chi connectivity index (χ2n) is 17.2. The second kappa shape index (κ2) is 16.4. The average molecular weight is 869 g/mol. The molecule has 13 rings (SSSR count). The monoisotopic (exact) mass is 868 g/mol. The van der Waals surface area contributed by atoms with Gasteiger partial charge in [-0.1, -0.05) is 206 Å². The summed E-state index contributed by atoms with van der Waals surface area (Å²) in [7, 11) is 0. The van der Waals surface area contributed by atoms with E-state index in [-0.39, 0.29) is 0 Å². The number of furan rings is 1. The molecule has 0 fully saturated rings. The first-order valence-corrected chi connectivity index (χ1v) is 22.9. The summed E-state index contributed by atoms with van der Waals surface area (Å²) in [5, 5.41) is 4.30. The molecule has 318 valence electrons. The van der Waals surface area contributed by atoms with Gasteiger partial charge in [0, 0.05) is 38.4 Å². The van der Waals surface area contributed by atoms with Crippen LogP contribution in [0.2, 0.25) is 0 Å². The van der Waals surface area contributed by atoms with Crippen LogP contribution in [0.25, 0.3) is 128 Å². The standard InChI is InChI=1S/C63H40N4O/c1-4-14-41(15-5-1)44-26-30-47(31-27-44)61-64-62(48-32-28-45(29-33-48)42-16-6-2-7-17-42)66-63(65-61)56-24-13-23-54-55-39-38-53-52-22-10-11-25-57(52)67(58(53)60(55)68-59(54)56)51-36-34-46(35-37-51)50-21-12-20-49(40-50)43-18-8-3-9-19-43/h1-40H. The molecule has 0 amide bonds. The lowest BCUT2D eigenvalue weighted by Crippen LogP contribution is -2.00. The van der Waals surface area contributed by atoms with Gasteiger partial charge in [0.15, 0.2) is 23.1 Å². The van der Waals surface area contributed by atoms with Gasteiger partial charge in [-0.25, -0.2) is 15.0 Å². The summed E-state index contributed by atoms with van der Waals surface area (Å²) >= 11 is 0. The van der Waals surface area contributed by atoms with Gasteiger partial charge in [-0.15, -0.1) is 0 Å². The minimum absolute atomic E-state index is 0.539. The smallest absolute Gasteiger partial charge is 0.167 e. The largest absolute Gasteiger partial charge is 0.453 e. The number of hydrogen-bond donors (Lipinski definition) is 0. The van der Waals surface area contributed by atoms with E-state index in [0.29, 0.717) is 17.5 Å². The van der Waals surface area contributed by atoms with Crippen molar-refractivity contribution >= 4 is 43.7 Å². The van der Waals surface area contributed by atoms with Gasteiger partial charge in [0.25, 0.3) is 0 Å². The molecule has 0 saturated heterocycles. The minimum atomic E-state index is 0.539. The van der Waals surface area contributed by atoms with Gasteiger partial charge in [0.1, 0.15) is 5.58 Å². The van der Waals surface area contributed by atoms with Crippen molar-refractivity contribution in [2.75, 3.05) is 0 Å². The van der Waals surface area contributed by atoms with Crippen molar-refractivity contribution in [3.8, 4) is 84.4 Å². The van der Waals surface area contributed by atoms with Crippen molar-refractivity contribution in [2.24, 2.45) is 0 Å². The van der Waals surface area contributed by atoms with Gasteiger partial charge in [-0.3, -0.25) is 0 Å². The molecule has 5 nitrogen and oxygen atoms in total. The van der Waals surface area contributed by atoms with Crippen LogP contribution in [0.5, 0.6) is 0 Å². The lowest BCUT2D eigenvalue weighted by Gasteiger charge is -2.10. The second-order valence-corrected chi connectivity index (χ2v) is 17.2. The van der Waals surface area contributed by atoms with Gasteiger partial charge < -0.3 is 8.98 Å². The van der Waals surface area contributed by atoms with E-state index in [0.717, 1.165) is 93.9 Å². The molecular weight excluding hydrogens is 829 g/mol. The Labute approximate surface area is 392 Å². The highest BCUT2D eigenvalue weighted by Crippen LogP contribution is 2.43. The summed E-state index contributed by atoms with van der Waals surface area (Å²) < 4.78 is 9.53. The SMILES string of the molecule is c1ccc(-c2ccc(-c3nc(-c4ccc(-c5ccccc5)cc4)nc(-c4cccc5c4oc4c5ccc5c6ccccc6n(-c6ccc(-c7cccc(-c8ccccc8)c7)cc6)c54)n3)cc2)cc1. The van der Waals surface area contributed by atoms with E-state index in [9.17, 15) is 0 Å². The molecule has 3 aromatic heterocycles. The Morgan fingerprint density at radius 2 is 0.691 bits per heavy atom. The number of benzene rings is 10. The Balaban J connectivity index is 0.959. The Kier molecular flexibility index (Phi) is 9.43. The fourth-order valence-electron chi connectivity index (χ4n) is 9.70. The molecule has 0 unspecified atom stereocenters. The molecule has 0 saturated carbocycles. The average Bonchev–Trinajstić information content (AvgIpc) is 3.98. The lowest BCUT2D eigenvalue weighted by atomic mass is 9.99. The summed E-state index contributed by atoms with van der Waals surface area (Å²) in [6.45, 7) is 0. The highest BCUT2D eigenvalue weighted by molar-refractivity contribution is 6.22. The fourth-order valence-corrected chi connectivity index (χ4v) is 9.70. The van der Waals surface area contributed by atoms with Gasteiger partial charge >= 0.3 is 0 Å². The van der Waals surface area contributed by atoms with E-state index in [2.05, 4.69) is 235 Å². The fraction of sp³-hybridized carbons (Fsp3) is 0. The molecule has 0 aliphatic carbocycles.